The van der Waals surface area contributed by atoms with Gasteiger partial charge in [0.25, 0.3) is 0 Å². The van der Waals surface area contributed by atoms with Gasteiger partial charge in [-0.3, -0.25) is 4.72 Å². The average molecular weight is 312 g/mol. The number of benzene rings is 1. The van der Waals surface area contributed by atoms with Crippen LogP contribution in [0.3, 0.4) is 0 Å². The Hall–Kier alpha value is -1.60. The van der Waals surface area contributed by atoms with Crippen molar-refractivity contribution in [1.29, 1.82) is 0 Å². The Labute approximate surface area is 125 Å². The van der Waals surface area contributed by atoms with Crippen LogP contribution in [0.15, 0.2) is 24.3 Å². The van der Waals surface area contributed by atoms with Crippen molar-refractivity contribution in [2.45, 2.75) is 19.8 Å². The molecule has 116 valence electrons. The molecule has 21 heavy (non-hydrogen) atoms. The molecule has 1 aliphatic rings. The zero-order valence-corrected chi connectivity index (χ0v) is 13.0. The van der Waals surface area contributed by atoms with E-state index in [-0.39, 0.29) is 0 Å². The largest absolute Gasteiger partial charge is 0.465 e. The van der Waals surface area contributed by atoms with Gasteiger partial charge >= 0.3 is 16.2 Å². The van der Waals surface area contributed by atoms with Crippen molar-refractivity contribution >= 4 is 21.9 Å². The minimum atomic E-state index is -3.58. The third kappa shape index (κ3) is 3.95. The second-order valence-electron chi connectivity index (χ2n) is 5.26. The van der Waals surface area contributed by atoms with E-state index in [1.807, 2.05) is 0 Å². The Morgan fingerprint density at radius 2 is 2.00 bits per heavy atom. The van der Waals surface area contributed by atoms with Crippen molar-refractivity contribution in [3.63, 3.8) is 0 Å². The van der Waals surface area contributed by atoms with E-state index in [0.29, 0.717) is 30.3 Å². The molecule has 2 rings (SSSR count). The number of esters is 1. The standard InChI is InChI=1S/C14H20N2O4S/c1-11-6-8-16(9-7-11)21(18,19)15-13-5-3-4-12(10-13)14(17)20-2/h3-5,10-11,15H,6-9H2,1-2H3. The van der Waals surface area contributed by atoms with E-state index in [2.05, 4.69) is 16.4 Å². The molecule has 1 aromatic carbocycles. The van der Waals surface area contributed by atoms with E-state index in [1.165, 1.54) is 17.5 Å². The number of methoxy groups -OCH3 is 1. The van der Waals surface area contributed by atoms with Gasteiger partial charge in [-0.15, -0.1) is 0 Å². The van der Waals surface area contributed by atoms with Crippen molar-refractivity contribution in [3.8, 4) is 0 Å². The number of carbonyl (C=O) groups excluding carboxylic acids is 1. The molecule has 0 radical (unpaired) electrons. The topological polar surface area (TPSA) is 75.7 Å². The number of nitrogens with zero attached hydrogens (tertiary/aromatic N) is 1. The summed E-state index contributed by atoms with van der Waals surface area (Å²) in [5.74, 6) is 0.0574. The zero-order chi connectivity index (χ0) is 15.5. The molecule has 1 N–H and O–H groups in total. The van der Waals surface area contributed by atoms with Crippen LogP contribution < -0.4 is 4.72 Å². The smallest absolute Gasteiger partial charge is 0.337 e. The van der Waals surface area contributed by atoms with Crippen molar-refractivity contribution in [2.24, 2.45) is 5.92 Å². The van der Waals surface area contributed by atoms with E-state index in [4.69, 9.17) is 0 Å². The molecule has 1 heterocycles. The number of anilines is 1. The zero-order valence-electron chi connectivity index (χ0n) is 12.2. The lowest BCUT2D eigenvalue weighted by Crippen LogP contribution is -2.41. The van der Waals surface area contributed by atoms with Gasteiger partial charge in [-0.1, -0.05) is 13.0 Å². The minimum absolute atomic E-state index is 0.310. The molecule has 0 aromatic heterocycles. The molecule has 6 nitrogen and oxygen atoms in total. The van der Waals surface area contributed by atoms with E-state index < -0.39 is 16.2 Å². The number of ether oxygens (including phenoxy) is 1. The number of rotatable bonds is 4. The molecular formula is C14H20N2O4S. The maximum atomic E-state index is 12.3. The molecule has 1 aliphatic heterocycles. The Balaban J connectivity index is 2.11. The lowest BCUT2D eigenvalue weighted by molar-refractivity contribution is 0.0601. The number of nitrogens with one attached hydrogen (secondary N) is 1. The van der Waals surface area contributed by atoms with Crippen molar-refractivity contribution in [3.05, 3.63) is 29.8 Å². The molecule has 1 fully saturated rings. The molecule has 1 aromatic rings. The summed E-state index contributed by atoms with van der Waals surface area (Å²) in [6.45, 7) is 3.16. The van der Waals surface area contributed by atoms with Gasteiger partial charge in [0.1, 0.15) is 0 Å². The van der Waals surface area contributed by atoms with Crippen LogP contribution >= 0.6 is 0 Å². The second-order valence-corrected chi connectivity index (χ2v) is 6.93. The average Bonchev–Trinajstić information content (AvgIpc) is 2.46. The molecule has 0 unspecified atom stereocenters. The van der Waals surface area contributed by atoms with E-state index in [9.17, 15) is 13.2 Å². The fraction of sp³-hybridized carbons (Fsp3) is 0.500. The Morgan fingerprint density at radius 1 is 1.33 bits per heavy atom. The van der Waals surface area contributed by atoms with Crippen LogP contribution in [0.2, 0.25) is 0 Å². The summed E-state index contributed by atoms with van der Waals surface area (Å²) in [6, 6.07) is 6.26. The van der Waals surface area contributed by atoms with Crippen molar-refractivity contribution < 1.29 is 17.9 Å². The van der Waals surface area contributed by atoms with Crippen LogP contribution in [0.5, 0.6) is 0 Å². The van der Waals surface area contributed by atoms with Gasteiger partial charge in [0.05, 0.1) is 18.4 Å². The predicted molar refractivity (Wildman–Crippen MR) is 80.3 cm³/mol. The molecule has 0 atom stereocenters. The van der Waals surface area contributed by atoms with Crippen molar-refractivity contribution in [1.82, 2.24) is 4.31 Å². The van der Waals surface area contributed by atoms with Crippen LogP contribution in [0.4, 0.5) is 5.69 Å². The first-order valence-corrected chi connectivity index (χ1v) is 8.32. The highest BCUT2D eigenvalue weighted by atomic mass is 32.2. The van der Waals surface area contributed by atoms with Gasteiger partial charge in [0.15, 0.2) is 0 Å². The lowest BCUT2D eigenvalue weighted by atomic mass is 10.0. The summed E-state index contributed by atoms with van der Waals surface area (Å²) in [6.07, 6.45) is 1.73. The molecule has 0 bridgehead atoms. The van der Waals surface area contributed by atoms with Gasteiger partial charge in [0.2, 0.25) is 0 Å². The first-order valence-electron chi connectivity index (χ1n) is 6.88. The van der Waals surface area contributed by atoms with Gasteiger partial charge < -0.3 is 4.74 Å². The first kappa shape index (κ1) is 15.8. The van der Waals surface area contributed by atoms with Crippen LogP contribution in [-0.2, 0) is 14.9 Å². The highest BCUT2D eigenvalue weighted by molar-refractivity contribution is 7.90. The van der Waals surface area contributed by atoms with Crippen LogP contribution in [0, 0.1) is 5.92 Å². The van der Waals surface area contributed by atoms with Crippen LogP contribution in [0.25, 0.3) is 0 Å². The maximum Gasteiger partial charge on any atom is 0.337 e. The lowest BCUT2D eigenvalue weighted by Gasteiger charge is -2.29. The van der Waals surface area contributed by atoms with Crippen LogP contribution in [0.1, 0.15) is 30.1 Å². The van der Waals surface area contributed by atoms with Gasteiger partial charge in [-0.2, -0.15) is 12.7 Å². The summed E-state index contributed by atoms with van der Waals surface area (Å²) >= 11 is 0. The van der Waals surface area contributed by atoms with E-state index in [0.717, 1.165) is 12.8 Å². The third-order valence-corrected chi connectivity index (χ3v) is 5.15. The molecule has 0 spiro atoms. The Bertz CT molecular complexity index is 607. The maximum absolute atomic E-state index is 12.3. The monoisotopic (exact) mass is 312 g/mol. The molecular weight excluding hydrogens is 292 g/mol. The molecule has 1 saturated heterocycles. The van der Waals surface area contributed by atoms with Crippen LogP contribution in [-0.4, -0.2) is 38.9 Å². The Morgan fingerprint density at radius 3 is 2.62 bits per heavy atom. The molecule has 0 amide bonds. The Kier molecular flexibility index (Phi) is 4.84. The molecule has 0 saturated carbocycles. The number of hydrogen-bond acceptors (Lipinski definition) is 4. The van der Waals surface area contributed by atoms with Gasteiger partial charge in [-0.05, 0) is 37.0 Å². The fourth-order valence-electron chi connectivity index (χ4n) is 2.27. The number of piperidine rings is 1. The highest BCUT2D eigenvalue weighted by Crippen LogP contribution is 2.21. The minimum Gasteiger partial charge on any atom is -0.465 e. The first-order chi connectivity index (χ1) is 9.92. The predicted octanol–water partition coefficient (Wildman–Crippen LogP) is 1.86. The quantitative estimate of drug-likeness (QED) is 0.861. The number of carbonyl (C=O) groups is 1. The fourth-order valence-corrected chi connectivity index (χ4v) is 3.51. The summed E-state index contributed by atoms with van der Waals surface area (Å²) < 4.78 is 33.2. The second kappa shape index (κ2) is 6.44. The SMILES string of the molecule is COC(=O)c1cccc(NS(=O)(=O)N2CCC(C)CC2)c1. The molecule has 7 heteroatoms. The summed E-state index contributed by atoms with van der Waals surface area (Å²) in [5, 5.41) is 0. The third-order valence-electron chi connectivity index (χ3n) is 3.61. The normalized spacial score (nSPS) is 17.4. The van der Waals surface area contributed by atoms with Crippen molar-refractivity contribution in [2.75, 3.05) is 24.9 Å². The summed E-state index contributed by atoms with van der Waals surface area (Å²) in [4.78, 5) is 11.5. The van der Waals surface area contributed by atoms with Gasteiger partial charge in [0, 0.05) is 13.1 Å². The van der Waals surface area contributed by atoms with E-state index >= 15 is 0 Å². The number of hydrogen-bond donors (Lipinski definition) is 1. The summed E-state index contributed by atoms with van der Waals surface area (Å²) in [7, 11) is -2.29. The highest BCUT2D eigenvalue weighted by Gasteiger charge is 2.26. The summed E-state index contributed by atoms with van der Waals surface area (Å²) in [5.41, 5.74) is 0.668. The molecule has 0 aliphatic carbocycles. The van der Waals surface area contributed by atoms with Gasteiger partial charge in [-0.25, -0.2) is 4.79 Å². The van der Waals surface area contributed by atoms with E-state index in [1.54, 1.807) is 18.2 Å².